The molecular formula is C24H27N3O2S. The van der Waals surface area contributed by atoms with Crippen LogP contribution in [-0.2, 0) is 4.79 Å². The number of anilines is 1. The molecule has 1 saturated heterocycles. The minimum Gasteiger partial charge on any atom is -0.421 e. The molecule has 0 N–H and O–H groups in total. The second kappa shape index (κ2) is 10.7. The van der Waals surface area contributed by atoms with Gasteiger partial charge in [0.1, 0.15) is 5.75 Å². The molecule has 6 heteroatoms. The van der Waals surface area contributed by atoms with E-state index in [1.807, 2.05) is 17.0 Å². The van der Waals surface area contributed by atoms with Crippen molar-refractivity contribution in [1.82, 2.24) is 4.90 Å². The van der Waals surface area contributed by atoms with Gasteiger partial charge in [-0.25, -0.2) is 0 Å². The molecule has 1 amide bonds. The predicted molar refractivity (Wildman–Crippen MR) is 125 cm³/mol. The van der Waals surface area contributed by atoms with Crippen LogP contribution >= 0.6 is 12.0 Å². The third-order valence-corrected chi connectivity index (χ3v) is 5.70. The quantitative estimate of drug-likeness (QED) is 0.346. The Hall–Kier alpha value is -2.99. The van der Waals surface area contributed by atoms with Crippen molar-refractivity contribution in [3.05, 3.63) is 78.5 Å². The Bertz CT molecular complexity index is 899. The highest BCUT2D eigenvalue weighted by molar-refractivity contribution is 7.95. The first-order valence-electron chi connectivity index (χ1n) is 9.90. The smallest absolute Gasteiger partial charge is 0.227 e. The van der Waals surface area contributed by atoms with Crippen LogP contribution in [0, 0.1) is 6.92 Å². The number of hydrogen-bond donors (Lipinski definition) is 0. The van der Waals surface area contributed by atoms with E-state index in [-0.39, 0.29) is 5.91 Å². The zero-order valence-electron chi connectivity index (χ0n) is 17.3. The number of aryl methyl sites for hydroxylation is 1. The summed E-state index contributed by atoms with van der Waals surface area (Å²) in [6.07, 6.45) is 3.55. The fourth-order valence-corrected chi connectivity index (χ4v) is 3.74. The molecule has 0 bridgehead atoms. The minimum atomic E-state index is 0.0985. The fraction of sp³-hybridized carbons (Fsp3) is 0.250. The Kier molecular flexibility index (Phi) is 7.74. The summed E-state index contributed by atoms with van der Waals surface area (Å²) in [6.45, 7) is 12.2. The van der Waals surface area contributed by atoms with E-state index < -0.39 is 0 Å². The van der Waals surface area contributed by atoms with Gasteiger partial charge in [-0.05, 0) is 55.6 Å². The van der Waals surface area contributed by atoms with E-state index >= 15 is 0 Å². The molecule has 0 spiro atoms. The van der Waals surface area contributed by atoms with Gasteiger partial charge >= 0.3 is 0 Å². The Balaban J connectivity index is 1.49. The summed E-state index contributed by atoms with van der Waals surface area (Å²) in [5.74, 6) is 0.916. The van der Waals surface area contributed by atoms with Gasteiger partial charge in [0.2, 0.25) is 5.91 Å². The largest absolute Gasteiger partial charge is 0.421 e. The number of carbonyl (C=O) groups is 1. The standard InChI is InChI=1S/C24H27N3O2S/c1-4-20(18-25-3)17-24(28)27-15-13-26(14-16-27)21-7-9-22(10-8-21)29-30-23-11-5-19(2)6-12-23/h4-12,18H,1,3,13-17H2,2H3/b20-18+. The van der Waals surface area contributed by atoms with Crippen molar-refractivity contribution in [2.75, 3.05) is 31.1 Å². The molecule has 30 heavy (non-hydrogen) atoms. The van der Waals surface area contributed by atoms with Gasteiger partial charge in [0.05, 0.1) is 18.5 Å². The van der Waals surface area contributed by atoms with Crippen molar-refractivity contribution in [2.24, 2.45) is 4.99 Å². The number of nitrogens with zero attached hydrogens (tertiary/aromatic N) is 3. The van der Waals surface area contributed by atoms with E-state index in [0.29, 0.717) is 19.5 Å². The molecule has 1 fully saturated rings. The van der Waals surface area contributed by atoms with Crippen LogP contribution in [0.1, 0.15) is 12.0 Å². The number of rotatable bonds is 8. The summed E-state index contributed by atoms with van der Waals surface area (Å²) in [6, 6.07) is 16.4. The molecule has 0 aliphatic carbocycles. The van der Waals surface area contributed by atoms with Gasteiger partial charge < -0.3 is 14.0 Å². The molecule has 2 aromatic rings. The number of benzene rings is 2. The number of amides is 1. The third-order valence-electron chi connectivity index (χ3n) is 4.96. The molecule has 0 saturated carbocycles. The zero-order valence-corrected chi connectivity index (χ0v) is 18.1. The second-order valence-corrected chi connectivity index (χ2v) is 7.91. The highest BCUT2D eigenvalue weighted by Crippen LogP contribution is 2.26. The number of allylic oxidation sites excluding steroid dienone is 1. The van der Waals surface area contributed by atoms with Gasteiger partial charge in [-0.3, -0.25) is 9.79 Å². The lowest BCUT2D eigenvalue weighted by molar-refractivity contribution is -0.130. The molecule has 5 nitrogen and oxygen atoms in total. The molecule has 1 aliphatic rings. The normalized spacial score (nSPS) is 14.4. The summed E-state index contributed by atoms with van der Waals surface area (Å²) in [4.78, 5) is 21.5. The van der Waals surface area contributed by atoms with Crippen LogP contribution < -0.4 is 9.08 Å². The molecule has 1 heterocycles. The van der Waals surface area contributed by atoms with Crippen molar-refractivity contribution in [1.29, 1.82) is 0 Å². The van der Waals surface area contributed by atoms with Crippen LogP contribution in [0.15, 0.2) is 82.8 Å². The first kappa shape index (κ1) is 21.7. The summed E-state index contributed by atoms with van der Waals surface area (Å²) in [5, 5.41) is 0. The van der Waals surface area contributed by atoms with E-state index in [9.17, 15) is 4.79 Å². The van der Waals surface area contributed by atoms with E-state index in [1.165, 1.54) is 17.6 Å². The Morgan fingerprint density at radius 3 is 2.37 bits per heavy atom. The number of carbonyl (C=O) groups excluding carboxylic acids is 1. The maximum Gasteiger partial charge on any atom is 0.227 e. The van der Waals surface area contributed by atoms with Gasteiger partial charge in [0.15, 0.2) is 0 Å². The Labute approximate surface area is 183 Å². The zero-order chi connectivity index (χ0) is 21.3. The van der Waals surface area contributed by atoms with Crippen molar-refractivity contribution in [3.8, 4) is 5.75 Å². The molecule has 0 atom stereocenters. The third kappa shape index (κ3) is 6.00. The summed E-state index contributed by atoms with van der Waals surface area (Å²) >= 11 is 1.36. The topological polar surface area (TPSA) is 45.1 Å². The maximum absolute atomic E-state index is 12.5. The monoisotopic (exact) mass is 421 g/mol. The van der Waals surface area contributed by atoms with Gasteiger partial charge in [0, 0.05) is 43.0 Å². The average molecular weight is 422 g/mol. The van der Waals surface area contributed by atoms with Crippen LogP contribution in [0.25, 0.3) is 0 Å². The number of hydrogen-bond acceptors (Lipinski definition) is 5. The highest BCUT2D eigenvalue weighted by atomic mass is 32.2. The predicted octanol–water partition coefficient (Wildman–Crippen LogP) is 4.89. The molecular weight excluding hydrogens is 394 g/mol. The summed E-state index contributed by atoms with van der Waals surface area (Å²) in [7, 11) is 0. The minimum absolute atomic E-state index is 0.0985. The summed E-state index contributed by atoms with van der Waals surface area (Å²) in [5.41, 5.74) is 3.16. The van der Waals surface area contributed by atoms with E-state index in [1.54, 1.807) is 12.3 Å². The highest BCUT2D eigenvalue weighted by Gasteiger charge is 2.21. The van der Waals surface area contributed by atoms with Crippen molar-refractivity contribution < 1.29 is 8.98 Å². The molecule has 0 aromatic heterocycles. The van der Waals surface area contributed by atoms with Gasteiger partial charge in [-0.2, -0.15) is 0 Å². The SMILES string of the molecule is C=C/C(=C\N=C)CC(=O)N1CCN(c2ccc(OSc3ccc(C)cc3)cc2)CC1. The van der Waals surface area contributed by atoms with Crippen LogP contribution in [0.5, 0.6) is 5.75 Å². The molecule has 1 aliphatic heterocycles. The second-order valence-electron chi connectivity index (χ2n) is 7.11. The lowest BCUT2D eigenvalue weighted by Gasteiger charge is -2.36. The van der Waals surface area contributed by atoms with Gasteiger partial charge in [-0.1, -0.05) is 30.4 Å². The molecule has 3 rings (SSSR count). The fourth-order valence-electron chi connectivity index (χ4n) is 3.19. The summed E-state index contributed by atoms with van der Waals surface area (Å²) < 4.78 is 5.81. The molecule has 156 valence electrons. The average Bonchev–Trinajstić information content (AvgIpc) is 2.79. The van der Waals surface area contributed by atoms with E-state index in [2.05, 4.69) is 66.5 Å². The van der Waals surface area contributed by atoms with Crippen LogP contribution in [0.3, 0.4) is 0 Å². The van der Waals surface area contributed by atoms with Crippen molar-refractivity contribution in [2.45, 2.75) is 18.2 Å². The van der Waals surface area contributed by atoms with Crippen molar-refractivity contribution in [3.63, 3.8) is 0 Å². The molecule has 0 unspecified atom stereocenters. The Morgan fingerprint density at radius 2 is 1.77 bits per heavy atom. The van der Waals surface area contributed by atoms with E-state index in [0.717, 1.165) is 35.0 Å². The van der Waals surface area contributed by atoms with E-state index in [4.69, 9.17) is 4.18 Å². The molecule has 2 aromatic carbocycles. The van der Waals surface area contributed by atoms with Crippen molar-refractivity contribution >= 4 is 30.4 Å². The number of piperazine rings is 1. The maximum atomic E-state index is 12.5. The first-order chi connectivity index (χ1) is 14.6. The lowest BCUT2D eigenvalue weighted by atomic mass is 10.1. The molecule has 0 radical (unpaired) electrons. The van der Waals surface area contributed by atoms with Crippen LogP contribution in [0.2, 0.25) is 0 Å². The first-order valence-corrected chi connectivity index (χ1v) is 10.6. The van der Waals surface area contributed by atoms with Crippen LogP contribution in [-0.4, -0.2) is 43.7 Å². The van der Waals surface area contributed by atoms with Gasteiger partial charge in [-0.15, -0.1) is 0 Å². The Morgan fingerprint density at radius 1 is 1.10 bits per heavy atom. The number of aliphatic imine (C=N–C) groups is 1. The van der Waals surface area contributed by atoms with Crippen LogP contribution in [0.4, 0.5) is 5.69 Å². The lowest BCUT2D eigenvalue weighted by Crippen LogP contribution is -2.48. The van der Waals surface area contributed by atoms with Gasteiger partial charge in [0.25, 0.3) is 0 Å².